The molecule has 9 nitrogen and oxygen atoms in total. The Balaban J connectivity index is 1.47. The Morgan fingerprint density at radius 2 is 1.68 bits per heavy atom. The Morgan fingerprint density at radius 3 is 2.46 bits per heavy atom. The third-order valence-electron chi connectivity index (χ3n) is 6.63. The normalized spacial score (nSPS) is 11.2. The predicted octanol–water partition coefficient (Wildman–Crippen LogP) is 3.71. The Bertz CT molecular complexity index is 1540. The number of benzene rings is 3. The van der Waals surface area contributed by atoms with Gasteiger partial charge in [-0.1, -0.05) is 12.8 Å². The van der Waals surface area contributed by atoms with Crippen molar-refractivity contribution in [3.8, 4) is 22.5 Å². The molecule has 0 saturated heterocycles. The molecule has 4 rings (SSSR count). The van der Waals surface area contributed by atoms with Crippen molar-refractivity contribution in [1.82, 2.24) is 5.32 Å². The first-order chi connectivity index (χ1) is 19.9. The number of carbonyl (C=O) groups excluding carboxylic acids is 1. The van der Waals surface area contributed by atoms with E-state index in [2.05, 4.69) is 5.32 Å². The molecule has 0 unspecified atom stereocenters. The van der Waals surface area contributed by atoms with E-state index in [-0.39, 0.29) is 11.5 Å². The van der Waals surface area contributed by atoms with Crippen LogP contribution < -0.4 is 21.8 Å². The molecule has 10 heteroatoms. The van der Waals surface area contributed by atoms with Gasteiger partial charge in [0.1, 0.15) is 11.3 Å². The van der Waals surface area contributed by atoms with Crippen LogP contribution in [0, 0.1) is 0 Å². The smallest absolute Gasteiger partial charge is 0.336 e. The van der Waals surface area contributed by atoms with Crippen LogP contribution in [0.5, 0.6) is 0 Å². The monoisotopic (exact) mass is 580 g/mol. The Morgan fingerprint density at radius 1 is 0.902 bits per heavy atom. The van der Waals surface area contributed by atoms with Crippen molar-refractivity contribution >= 4 is 40.1 Å². The van der Waals surface area contributed by atoms with Gasteiger partial charge in [0.2, 0.25) is 0 Å². The number of ether oxygens (including phenoxy) is 2. The minimum absolute atomic E-state index is 0.0476. The predicted molar refractivity (Wildman–Crippen MR) is 158 cm³/mol. The van der Waals surface area contributed by atoms with Crippen molar-refractivity contribution in [2.75, 3.05) is 44.6 Å². The first kappa shape index (κ1) is 30.0. The number of carboxylic acids is 1. The molecular weight excluding hydrogens is 546 g/mol. The number of carbonyl (C=O) groups is 2. The Kier molecular flexibility index (Phi) is 10.7. The number of carboxylic acid groups (broad SMARTS) is 1. The second-order valence-corrected chi connectivity index (χ2v) is 10.0. The number of hydrogen-bond donors (Lipinski definition) is 4. The molecule has 2 aromatic carbocycles. The van der Waals surface area contributed by atoms with E-state index in [1.54, 1.807) is 42.5 Å². The van der Waals surface area contributed by atoms with Crippen LogP contribution in [-0.4, -0.2) is 55.8 Å². The zero-order valence-corrected chi connectivity index (χ0v) is 23.5. The fourth-order valence-corrected chi connectivity index (χ4v) is 4.79. The van der Waals surface area contributed by atoms with E-state index in [0.717, 1.165) is 25.7 Å². The second-order valence-electron chi connectivity index (χ2n) is 9.64. The van der Waals surface area contributed by atoms with Crippen LogP contribution in [0.4, 0.5) is 5.69 Å². The van der Waals surface area contributed by atoms with Crippen LogP contribution in [0.15, 0.2) is 59.0 Å². The lowest BCUT2D eigenvalue weighted by atomic mass is 9.89. The lowest BCUT2D eigenvalue weighted by Gasteiger charge is -2.17. The van der Waals surface area contributed by atoms with Gasteiger partial charge in [0.05, 0.1) is 31.5 Å². The van der Waals surface area contributed by atoms with Gasteiger partial charge in [0.25, 0.3) is 5.91 Å². The zero-order chi connectivity index (χ0) is 29.2. The summed E-state index contributed by atoms with van der Waals surface area (Å²) < 4.78 is 17.2. The summed E-state index contributed by atoms with van der Waals surface area (Å²) in [5.74, 6) is -0.297. The van der Waals surface area contributed by atoms with E-state index in [4.69, 9.17) is 36.6 Å². The number of nitrogens with two attached hydrogens (primary N) is 2. The van der Waals surface area contributed by atoms with Gasteiger partial charge in [-0.2, -0.15) is 0 Å². The van der Waals surface area contributed by atoms with Gasteiger partial charge in [-0.25, -0.2) is 4.79 Å². The van der Waals surface area contributed by atoms with Crippen molar-refractivity contribution in [1.29, 1.82) is 0 Å². The molecule has 41 heavy (non-hydrogen) atoms. The van der Waals surface area contributed by atoms with Crippen LogP contribution in [0.3, 0.4) is 0 Å². The average molecular weight is 581 g/mol. The van der Waals surface area contributed by atoms with E-state index >= 15 is 0 Å². The maximum Gasteiger partial charge on any atom is 0.336 e. The number of nitrogen functional groups attached to an aromatic ring is 1. The van der Waals surface area contributed by atoms with E-state index in [0.29, 0.717) is 88.9 Å². The summed E-state index contributed by atoms with van der Waals surface area (Å²) in [5, 5.41) is 20.0. The number of halogens is 1. The molecule has 216 valence electrons. The molecule has 0 aromatic heterocycles. The summed E-state index contributed by atoms with van der Waals surface area (Å²) in [6.45, 7) is 2.23. The summed E-state index contributed by atoms with van der Waals surface area (Å²) in [7, 11) is 0. The third kappa shape index (κ3) is 7.85. The highest BCUT2D eigenvalue weighted by atomic mass is 35.5. The fourth-order valence-electron chi connectivity index (χ4n) is 4.61. The molecule has 1 aliphatic carbocycles. The van der Waals surface area contributed by atoms with Gasteiger partial charge in [0.15, 0.2) is 5.36 Å². The van der Waals surface area contributed by atoms with Crippen LogP contribution >= 0.6 is 11.6 Å². The molecule has 0 fully saturated rings. The lowest BCUT2D eigenvalue weighted by Crippen LogP contribution is -2.44. The molecule has 0 radical (unpaired) electrons. The number of unbranched alkanes of at least 4 members (excludes halogenated alkanes) is 3. The van der Waals surface area contributed by atoms with Gasteiger partial charge in [-0.15, -0.1) is 11.6 Å². The van der Waals surface area contributed by atoms with Crippen LogP contribution in [-0.2, 0) is 9.47 Å². The van der Waals surface area contributed by atoms with E-state index in [9.17, 15) is 14.7 Å². The van der Waals surface area contributed by atoms with Crippen molar-refractivity contribution in [3.63, 3.8) is 0 Å². The summed E-state index contributed by atoms with van der Waals surface area (Å²) in [6.07, 6.45) is 4.25. The van der Waals surface area contributed by atoms with Crippen molar-refractivity contribution in [2.24, 2.45) is 0 Å². The number of aromatic carboxylic acids is 1. The van der Waals surface area contributed by atoms with Gasteiger partial charge in [-0.3, -0.25) is 10.2 Å². The standard InChI is InChI=1S/C31H34ClN3O6/c32-11-3-1-2-4-13-39-15-16-40-14-12-35-30(36)20-5-8-23(31(37)38)26(17-20)29-24-9-6-21(33)18-27(24)41-28-19-22(34)7-10-25(28)29/h5-10,17-19,33H,1-4,11-16,34H2,(H,35,36)(H,37,38)/p+1. The Hall–Kier alpha value is -3.92. The molecule has 1 heterocycles. The first-order valence-electron chi connectivity index (χ1n) is 13.6. The Labute approximate surface area is 243 Å². The van der Waals surface area contributed by atoms with E-state index < -0.39 is 5.97 Å². The van der Waals surface area contributed by atoms with Crippen LogP contribution in [0.1, 0.15) is 46.4 Å². The summed E-state index contributed by atoms with van der Waals surface area (Å²) in [4.78, 5) is 25.3. The van der Waals surface area contributed by atoms with Crippen molar-refractivity contribution in [2.45, 2.75) is 25.7 Å². The third-order valence-corrected chi connectivity index (χ3v) is 6.89. The van der Waals surface area contributed by atoms with E-state index in [1.807, 2.05) is 0 Å². The quantitative estimate of drug-likeness (QED) is 0.0724. The summed E-state index contributed by atoms with van der Waals surface area (Å²) in [6, 6.07) is 14.9. The number of amides is 1. The van der Waals surface area contributed by atoms with E-state index in [1.165, 1.54) is 12.1 Å². The maximum atomic E-state index is 13.0. The molecule has 0 saturated carbocycles. The van der Waals surface area contributed by atoms with Gasteiger partial charge < -0.3 is 30.0 Å². The number of anilines is 1. The van der Waals surface area contributed by atoms with Gasteiger partial charge in [0, 0.05) is 58.9 Å². The number of fused-ring (bicyclic) bond motifs is 2. The number of rotatable bonds is 15. The molecule has 1 aliphatic heterocycles. The largest absolute Gasteiger partial charge is 0.478 e. The van der Waals surface area contributed by atoms with Crippen LogP contribution in [0.2, 0.25) is 0 Å². The van der Waals surface area contributed by atoms with Crippen molar-refractivity contribution < 1.29 is 34.0 Å². The summed E-state index contributed by atoms with van der Waals surface area (Å²) >= 11 is 5.67. The lowest BCUT2D eigenvalue weighted by molar-refractivity contribution is -0.172. The molecule has 2 aromatic rings. The molecule has 1 amide bonds. The fraction of sp³-hybridized carbons (Fsp3) is 0.323. The second kappa shape index (κ2) is 14.6. The molecule has 0 bridgehead atoms. The minimum Gasteiger partial charge on any atom is -0.478 e. The highest BCUT2D eigenvalue weighted by Gasteiger charge is 2.23. The summed E-state index contributed by atoms with van der Waals surface area (Å²) in [5.41, 5.74) is 8.96. The first-order valence-corrected chi connectivity index (χ1v) is 14.1. The highest BCUT2D eigenvalue weighted by Crippen LogP contribution is 2.41. The molecular formula is C31H35ClN3O6+. The molecule has 2 aliphatic rings. The maximum absolute atomic E-state index is 13.0. The average Bonchev–Trinajstić information content (AvgIpc) is 2.95. The number of nitrogens with one attached hydrogen (secondary N) is 1. The number of alkyl halides is 1. The highest BCUT2D eigenvalue weighted by molar-refractivity contribution is 6.17. The zero-order valence-electron chi connectivity index (χ0n) is 22.8. The molecule has 6 N–H and O–H groups in total. The SMILES string of the molecule is Nc1ccc2c(-c3cc(C(=O)NCCOCCOCCCCCCCl)ccc3C(=O)O)c3ccc(=[NH2+])cc-3oc2c1. The van der Waals surface area contributed by atoms with Gasteiger partial charge >= 0.3 is 5.97 Å². The molecule has 0 spiro atoms. The topological polar surface area (TPSA) is 150 Å². The van der Waals surface area contributed by atoms with Crippen LogP contribution in [0.25, 0.3) is 33.4 Å². The minimum atomic E-state index is -1.12. The number of hydrogen-bond acceptors (Lipinski definition) is 6. The molecule has 0 atom stereocenters. The van der Waals surface area contributed by atoms with Gasteiger partial charge in [-0.05, 0) is 54.8 Å². The van der Waals surface area contributed by atoms with Crippen molar-refractivity contribution in [3.05, 3.63) is 71.1 Å².